The summed E-state index contributed by atoms with van der Waals surface area (Å²) in [5.41, 5.74) is 0. The number of rotatable bonds is 0. The fourth-order valence-corrected chi connectivity index (χ4v) is 0. The molecule has 9 heavy (non-hydrogen) atoms. The van der Waals surface area contributed by atoms with Gasteiger partial charge < -0.3 is 0 Å². The van der Waals surface area contributed by atoms with Gasteiger partial charge in [0.25, 0.3) is 0 Å². The summed E-state index contributed by atoms with van der Waals surface area (Å²) < 4.78 is 0. The van der Waals surface area contributed by atoms with E-state index in [1.807, 2.05) is 0 Å². The molecule has 0 rings (SSSR count). The molecule has 0 aromatic carbocycles. The van der Waals surface area contributed by atoms with Gasteiger partial charge in [0.2, 0.25) is 0 Å². The van der Waals surface area contributed by atoms with Crippen molar-refractivity contribution in [1.29, 1.82) is 0 Å². The van der Waals surface area contributed by atoms with Crippen molar-refractivity contribution < 1.29 is 0 Å². The molecule has 0 aromatic heterocycles. The fraction of sp³-hybridized carbons (Fsp3) is 0. The van der Waals surface area contributed by atoms with Crippen LogP contribution in [0.25, 0.3) is 0 Å². The molecule has 0 spiro atoms. The Hall–Kier alpha value is 5.48. The van der Waals surface area contributed by atoms with E-state index in [0.29, 0.717) is 0 Å². The number of hydrogen-bond donors (Lipinski definition) is 0. The fourth-order valence-electron chi connectivity index (χ4n) is 0. The molecule has 0 N–H and O–H groups in total. The minimum absolute atomic E-state index is 0. The van der Waals surface area contributed by atoms with Crippen LogP contribution in [0.1, 0.15) is 0 Å². The third-order valence-electron chi connectivity index (χ3n) is 0. The van der Waals surface area contributed by atoms with E-state index >= 15 is 0 Å². The molecule has 0 amide bonds. The van der Waals surface area contributed by atoms with Crippen LogP contribution in [0.3, 0.4) is 0 Å². The topological polar surface area (TPSA) is 0 Å². The maximum absolute atomic E-state index is 0. The molecule has 0 atom stereocenters. The first-order chi connectivity index (χ1) is 0. The molecule has 0 aliphatic rings. The Balaban J connectivity index is 0. The van der Waals surface area contributed by atoms with Crippen molar-refractivity contribution in [2.45, 2.75) is 0 Å². The summed E-state index contributed by atoms with van der Waals surface area (Å²) in [6.45, 7) is 0. The van der Waals surface area contributed by atoms with E-state index in [-0.39, 0.29) is 187 Å². The average molecular weight is 687 g/mol. The van der Waals surface area contributed by atoms with Crippen LogP contribution in [0.5, 0.6) is 0 Å². The van der Waals surface area contributed by atoms with Gasteiger partial charge in [0.1, 0.15) is 0 Å². The summed E-state index contributed by atoms with van der Waals surface area (Å²) in [4.78, 5) is 0. The first-order valence-electron chi connectivity index (χ1n) is 0. The zero-order chi connectivity index (χ0) is 0. The van der Waals surface area contributed by atoms with E-state index in [0.717, 1.165) is 0 Å². The summed E-state index contributed by atoms with van der Waals surface area (Å²) >= 11 is 0. The number of halogens is 8. The van der Waals surface area contributed by atoms with Gasteiger partial charge in [0.15, 0.2) is 0 Å². The van der Waals surface area contributed by atoms with Crippen molar-refractivity contribution in [3.63, 3.8) is 0 Å². The van der Waals surface area contributed by atoms with Gasteiger partial charge in [-0.1, -0.05) is 0 Å². The van der Waals surface area contributed by atoms with Crippen molar-refractivity contribution in [1.82, 2.24) is 0 Å². The first kappa shape index (κ1) is 87.7. The minimum atomic E-state index is 0. The van der Waals surface area contributed by atoms with Gasteiger partial charge in [-0.3, -0.25) is 0 Å². The summed E-state index contributed by atoms with van der Waals surface area (Å²) in [7, 11) is 0. The van der Waals surface area contributed by atoms with Crippen LogP contribution < -0.4 is 0 Å². The summed E-state index contributed by atoms with van der Waals surface area (Å²) in [6.07, 6.45) is 0. The van der Waals surface area contributed by atoms with E-state index in [1.54, 1.807) is 0 Å². The first-order valence-corrected chi connectivity index (χ1v) is 0. The molecule has 66 valence electrons. The Kier molecular flexibility index (Phi) is 681. The number of hydrogen-bond acceptors (Lipinski definition) is 0. The molecule has 0 unspecified atom stereocenters. The van der Waals surface area contributed by atoms with Crippen LogP contribution in [0, 0.1) is 0 Å². The summed E-state index contributed by atoms with van der Waals surface area (Å²) in [5, 5.41) is 0. The van der Waals surface area contributed by atoms with Crippen LogP contribution in [0.4, 0.5) is 0 Å². The molecule has 0 bridgehead atoms. The van der Waals surface area contributed by atoms with Crippen molar-refractivity contribution in [3.05, 3.63) is 0 Å². The quantitative estimate of drug-likeness (QED) is 0.339. The molecule has 0 saturated carbocycles. The predicted octanol–water partition coefficient (Wildman–Crippen LogP) is 3.97. The molecule has 0 aliphatic carbocycles. The van der Waals surface area contributed by atoms with Crippen LogP contribution in [-0.2, 0) is 0 Å². The SMILES string of the molecule is Br.Br.Br.Br.Br.Br.Br.Br.[KH]. The van der Waals surface area contributed by atoms with Gasteiger partial charge in [-0.05, 0) is 0 Å². The zero-order valence-electron chi connectivity index (χ0n) is 3.27. The Labute approximate surface area is 182 Å². The van der Waals surface area contributed by atoms with Gasteiger partial charge in [0.05, 0.1) is 0 Å². The Bertz CT molecular complexity index is 4.53. The molecular weight excluding hydrogens is 678 g/mol. The van der Waals surface area contributed by atoms with Crippen molar-refractivity contribution >= 4 is 187 Å². The monoisotopic (exact) mass is 679 g/mol. The van der Waals surface area contributed by atoms with E-state index in [9.17, 15) is 0 Å². The molecule has 0 aromatic rings. The molecule has 9 heteroatoms. The molecule has 0 aliphatic heterocycles. The normalized spacial score (nSPS) is 0. The third-order valence-corrected chi connectivity index (χ3v) is 0. The van der Waals surface area contributed by atoms with Gasteiger partial charge in [-0.2, -0.15) is 0 Å². The van der Waals surface area contributed by atoms with Gasteiger partial charge in [0, 0.05) is 0 Å². The Morgan fingerprint density at radius 1 is 0.222 bits per heavy atom. The second-order valence-electron chi connectivity index (χ2n) is 0. The van der Waals surface area contributed by atoms with Crippen molar-refractivity contribution in [3.8, 4) is 0 Å². The Morgan fingerprint density at radius 2 is 0.222 bits per heavy atom. The second-order valence-corrected chi connectivity index (χ2v) is 0. The van der Waals surface area contributed by atoms with E-state index in [4.69, 9.17) is 0 Å². The molecule has 0 saturated heterocycles. The van der Waals surface area contributed by atoms with Crippen LogP contribution >= 0.6 is 136 Å². The molecular formula is H9Br8K. The molecule has 0 radical (unpaired) electrons. The summed E-state index contributed by atoms with van der Waals surface area (Å²) in [6, 6.07) is 0. The van der Waals surface area contributed by atoms with E-state index in [1.165, 1.54) is 0 Å². The molecule has 0 nitrogen and oxygen atoms in total. The Morgan fingerprint density at radius 3 is 0.222 bits per heavy atom. The van der Waals surface area contributed by atoms with E-state index in [2.05, 4.69) is 0 Å². The molecule has 0 heterocycles. The van der Waals surface area contributed by atoms with Crippen LogP contribution in [0.2, 0.25) is 0 Å². The maximum atomic E-state index is 0. The molecule has 0 fully saturated rings. The third kappa shape index (κ3) is 59.2. The van der Waals surface area contributed by atoms with Crippen molar-refractivity contribution in [2.24, 2.45) is 0 Å². The van der Waals surface area contributed by atoms with Crippen LogP contribution in [0.15, 0.2) is 0 Å². The van der Waals surface area contributed by atoms with Gasteiger partial charge in [-0.25, -0.2) is 0 Å². The van der Waals surface area contributed by atoms with E-state index < -0.39 is 0 Å². The average Bonchev–Trinajstić information content (AvgIpc) is 0. The second kappa shape index (κ2) is 69.9. The predicted molar refractivity (Wildman–Crippen MR) is 89.7 cm³/mol. The van der Waals surface area contributed by atoms with Gasteiger partial charge in [-0.15, -0.1) is 136 Å². The standard InChI is InChI=1S/8BrH.K.H/h8*1H;;. The van der Waals surface area contributed by atoms with Crippen molar-refractivity contribution in [2.75, 3.05) is 0 Å². The zero-order valence-corrected chi connectivity index (χ0v) is 17.0. The van der Waals surface area contributed by atoms with Gasteiger partial charge >= 0.3 is 51.4 Å². The summed E-state index contributed by atoms with van der Waals surface area (Å²) in [5.74, 6) is 0. The van der Waals surface area contributed by atoms with Crippen LogP contribution in [-0.4, -0.2) is 51.4 Å².